The summed E-state index contributed by atoms with van der Waals surface area (Å²) in [6.07, 6.45) is 2.06. The van der Waals surface area contributed by atoms with E-state index in [2.05, 4.69) is 10.0 Å². The Morgan fingerprint density at radius 2 is 2.26 bits per heavy atom. The van der Waals surface area contributed by atoms with Crippen molar-refractivity contribution in [3.63, 3.8) is 0 Å². The van der Waals surface area contributed by atoms with E-state index in [9.17, 15) is 8.42 Å². The molecule has 19 heavy (non-hydrogen) atoms. The number of anilines is 2. The number of fused-ring (bicyclic) bond motifs is 1. The Labute approximate surface area is 114 Å². The molecule has 2 rings (SSSR count). The topological polar surface area (TPSA) is 67.4 Å². The van der Waals surface area contributed by atoms with Crippen LogP contribution in [0.15, 0.2) is 18.2 Å². The molecule has 6 heteroatoms. The number of sulfonamides is 1. The molecule has 0 bridgehead atoms. The van der Waals surface area contributed by atoms with Crippen molar-refractivity contribution in [2.45, 2.75) is 19.8 Å². The largest absolute Gasteiger partial charge is 0.385 e. The lowest BCUT2D eigenvalue weighted by Gasteiger charge is -2.19. The third-order valence-corrected chi connectivity index (χ3v) is 4.27. The average molecular weight is 284 g/mol. The number of ether oxygens (including phenoxy) is 1. The fourth-order valence-corrected chi connectivity index (χ4v) is 3.01. The van der Waals surface area contributed by atoms with Crippen molar-refractivity contribution < 1.29 is 13.2 Å². The van der Waals surface area contributed by atoms with Crippen LogP contribution in [0, 0.1) is 0 Å². The van der Waals surface area contributed by atoms with Crippen molar-refractivity contribution >= 4 is 21.4 Å². The van der Waals surface area contributed by atoms with Crippen molar-refractivity contribution in [2.75, 3.05) is 35.6 Å². The van der Waals surface area contributed by atoms with E-state index in [1.807, 2.05) is 19.1 Å². The number of rotatable bonds is 6. The van der Waals surface area contributed by atoms with E-state index >= 15 is 0 Å². The van der Waals surface area contributed by atoms with Crippen molar-refractivity contribution in [1.82, 2.24) is 0 Å². The van der Waals surface area contributed by atoms with Gasteiger partial charge in [0.25, 0.3) is 0 Å². The van der Waals surface area contributed by atoms with Gasteiger partial charge < -0.3 is 10.1 Å². The lowest BCUT2D eigenvalue weighted by atomic mass is 10.0. The van der Waals surface area contributed by atoms with Crippen LogP contribution in [0.5, 0.6) is 0 Å². The zero-order valence-corrected chi connectivity index (χ0v) is 11.9. The first-order valence-electron chi connectivity index (χ1n) is 6.56. The van der Waals surface area contributed by atoms with E-state index < -0.39 is 10.0 Å². The molecule has 0 saturated heterocycles. The van der Waals surface area contributed by atoms with Crippen LogP contribution in [0.1, 0.15) is 18.9 Å². The van der Waals surface area contributed by atoms with E-state index in [0.29, 0.717) is 12.3 Å². The Hall–Kier alpha value is -1.27. The van der Waals surface area contributed by atoms with Crippen LogP contribution < -0.4 is 10.0 Å². The summed E-state index contributed by atoms with van der Waals surface area (Å²) < 4.78 is 31.3. The lowest BCUT2D eigenvalue weighted by Crippen LogP contribution is -2.20. The molecule has 0 aliphatic carbocycles. The summed E-state index contributed by atoms with van der Waals surface area (Å²) in [6, 6.07) is 5.62. The van der Waals surface area contributed by atoms with Gasteiger partial charge in [0.2, 0.25) is 10.0 Å². The minimum Gasteiger partial charge on any atom is -0.385 e. The molecule has 0 amide bonds. The Morgan fingerprint density at radius 1 is 1.42 bits per heavy atom. The normalized spacial score (nSPS) is 14.6. The maximum Gasteiger partial charge on any atom is 0.234 e. The molecule has 0 unspecified atom stereocenters. The summed E-state index contributed by atoms with van der Waals surface area (Å²) in [5.41, 5.74) is 2.89. The predicted octanol–water partition coefficient (Wildman–Crippen LogP) is 1.82. The monoisotopic (exact) mass is 284 g/mol. The molecule has 1 aromatic rings. The summed E-state index contributed by atoms with van der Waals surface area (Å²) >= 11 is 0. The first-order chi connectivity index (χ1) is 9.11. The van der Waals surface area contributed by atoms with Gasteiger partial charge in [-0.25, -0.2) is 8.42 Å². The van der Waals surface area contributed by atoms with Gasteiger partial charge in [0, 0.05) is 24.5 Å². The van der Waals surface area contributed by atoms with Gasteiger partial charge in [0.1, 0.15) is 0 Å². The molecule has 1 aromatic carbocycles. The molecule has 0 aromatic heterocycles. The van der Waals surface area contributed by atoms with Crippen LogP contribution in [0.2, 0.25) is 0 Å². The predicted molar refractivity (Wildman–Crippen MR) is 77.2 cm³/mol. The molecule has 106 valence electrons. The summed E-state index contributed by atoms with van der Waals surface area (Å²) in [7, 11) is -3.33. The highest BCUT2D eigenvalue weighted by atomic mass is 32.2. The van der Waals surface area contributed by atoms with E-state index in [-0.39, 0.29) is 12.4 Å². The van der Waals surface area contributed by atoms with Gasteiger partial charge in [0.15, 0.2) is 0 Å². The fraction of sp³-hybridized carbons (Fsp3) is 0.538. The van der Waals surface area contributed by atoms with Crippen molar-refractivity contribution in [3.05, 3.63) is 23.8 Å². The van der Waals surface area contributed by atoms with Crippen LogP contribution in [0.3, 0.4) is 0 Å². The van der Waals surface area contributed by atoms with Crippen LogP contribution in [-0.2, 0) is 21.2 Å². The highest BCUT2D eigenvalue weighted by molar-refractivity contribution is 7.92. The number of aryl methyl sites for hydroxylation is 1. The third-order valence-electron chi connectivity index (χ3n) is 3.02. The zero-order chi connectivity index (χ0) is 13.7. The summed E-state index contributed by atoms with van der Waals surface area (Å²) in [5.74, 6) is -0.0177. The fourth-order valence-electron chi connectivity index (χ4n) is 2.08. The Bertz CT molecular complexity index is 529. The van der Waals surface area contributed by atoms with Crippen molar-refractivity contribution in [2.24, 2.45) is 0 Å². The second-order valence-electron chi connectivity index (χ2n) is 4.52. The quantitative estimate of drug-likeness (QED) is 0.782. The standard InChI is InChI=1S/C13H20N2O3S/c1-2-18-8-9-19(16,17)15-12-5-6-13-11(10-12)4-3-7-14-13/h5-6,10,14-15H,2-4,7-9H2,1H3. The minimum absolute atomic E-state index is 0.0177. The molecule has 0 atom stereocenters. The van der Waals surface area contributed by atoms with E-state index in [1.54, 1.807) is 6.07 Å². The number of hydrogen-bond acceptors (Lipinski definition) is 4. The summed E-state index contributed by atoms with van der Waals surface area (Å²) in [5, 5.41) is 3.30. The number of benzene rings is 1. The molecule has 1 aliphatic rings. The minimum atomic E-state index is -3.33. The molecule has 2 N–H and O–H groups in total. The maximum atomic E-state index is 11.8. The highest BCUT2D eigenvalue weighted by Gasteiger charge is 2.13. The molecule has 1 aliphatic heterocycles. The second-order valence-corrected chi connectivity index (χ2v) is 6.36. The van der Waals surface area contributed by atoms with E-state index in [4.69, 9.17) is 4.74 Å². The number of nitrogens with one attached hydrogen (secondary N) is 2. The van der Waals surface area contributed by atoms with Gasteiger partial charge in [-0.05, 0) is 43.5 Å². The summed E-state index contributed by atoms with van der Waals surface area (Å²) in [6.45, 7) is 3.57. The third kappa shape index (κ3) is 4.11. The van der Waals surface area contributed by atoms with Gasteiger partial charge >= 0.3 is 0 Å². The molecule has 1 heterocycles. The van der Waals surface area contributed by atoms with Gasteiger partial charge in [-0.2, -0.15) is 0 Å². The van der Waals surface area contributed by atoms with Gasteiger partial charge in [-0.1, -0.05) is 0 Å². The van der Waals surface area contributed by atoms with E-state index in [0.717, 1.165) is 30.6 Å². The smallest absolute Gasteiger partial charge is 0.234 e. The zero-order valence-electron chi connectivity index (χ0n) is 11.1. The van der Waals surface area contributed by atoms with Crippen molar-refractivity contribution in [3.8, 4) is 0 Å². The van der Waals surface area contributed by atoms with Crippen molar-refractivity contribution in [1.29, 1.82) is 0 Å². The highest BCUT2D eigenvalue weighted by Crippen LogP contribution is 2.25. The first kappa shape index (κ1) is 14.1. The second kappa shape index (κ2) is 6.25. The maximum absolute atomic E-state index is 11.8. The molecule has 5 nitrogen and oxygen atoms in total. The molecular formula is C13H20N2O3S. The summed E-state index contributed by atoms with van der Waals surface area (Å²) in [4.78, 5) is 0. The van der Waals surface area contributed by atoms with Gasteiger partial charge in [-0.15, -0.1) is 0 Å². The Kier molecular flexibility index (Phi) is 4.66. The SMILES string of the molecule is CCOCCS(=O)(=O)Nc1ccc2c(c1)CCCN2. The molecular weight excluding hydrogens is 264 g/mol. The number of hydrogen-bond donors (Lipinski definition) is 2. The molecule has 0 spiro atoms. The first-order valence-corrected chi connectivity index (χ1v) is 8.21. The Balaban J connectivity index is 2.02. The van der Waals surface area contributed by atoms with Crippen LogP contribution in [-0.4, -0.2) is 33.9 Å². The van der Waals surface area contributed by atoms with Crippen LogP contribution in [0.4, 0.5) is 11.4 Å². The van der Waals surface area contributed by atoms with Gasteiger partial charge in [0.05, 0.1) is 12.4 Å². The lowest BCUT2D eigenvalue weighted by molar-refractivity contribution is 0.163. The van der Waals surface area contributed by atoms with Crippen LogP contribution >= 0.6 is 0 Å². The molecule has 0 saturated carbocycles. The van der Waals surface area contributed by atoms with E-state index in [1.165, 1.54) is 0 Å². The molecule has 0 fully saturated rings. The van der Waals surface area contributed by atoms with Gasteiger partial charge in [-0.3, -0.25) is 4.72 Å². The van der Waals surface area contributed by atoms with Crippen LogP contribution in [0.25, 0.3) is 0 Å². The Morgan fingerprint density at radius 3 is 3.05 bits per heavy atom. The average Bonchev–Trinajstić information content (AvgIpc) is 2.38. The molecule has 0 radical (unpaired) electrons.